The van der Waals surface area contributed by atoms with E-state index in [2.05, 4.69) is 17.6 Å². The molecular formula is C38H52N2O10. The Morgan fingerprint density at radius 3 is 2.60 bits per heavy atom. The molecule has 14 atom stereocenters. The average molecular weight is 697 g/mol. The molecule has 50 heavy (non-hydrogen) atoms. The summed E-state index contributed by atoms with van der Waals surface area (Å²) < 4.78 is 31.3. The van der Waals surface area contributed by atoms with Gasteiger partial charge in [0.1, 0.15) is 30.2 Å². The van der Waals surface area contributed by atoms with Gasteiger partial charge in [0.15, 0.2) is 11.9 Å². The van der Waals surface area contributed by atoms with Crippen molar-refractivity contribution < 1.29 is 48.0 Å². The summed E-state index contributed by atoms with van der Waals surface area (Å²) in [6.07, 6.45) is 4.15. The molecule has 1 aromatic heterocycles. The topological polar surface area (TPSA) is 169 Å². The zero-order chi connectivity index (χ0) is 35.0. The van der Waals surface area contributed by atoms with Crippen LogP contribution in [0.3, 0.4) is 0 Å². The molecule has 0 unspecified atom stereocenters. The van der Waals surface area contributed by atoms with E-state index in [-0.39, 0.29) is 36.6 Å². The largest absolute Gasteiger partial charge is 0.469 e. The molecule has 1 aromatic rings. The number of epoxide rings is 1. The molecule has 3 saturated carbocycles. The lowest BCUT2D eigenvalue weighted by Gasteiger charge is -2.66. The van der Waals surface area contributed by atoms with Gasteiger partial charge in [-0.25, -0.2) is 4.79 Å². The Bertz CT molecular complexity index is 1590. The molecule has 5 aliphatic heterocycles. The van der Waals surface area contributed by atoms with Crippen LogP contribution >= 0.6 is 0 Å². The zero-order valence-electron chi connectivity index (χ0n) is 29.6. The summed E-state index contributed by atoms with van der Waals surface area (Å²) in [6.45, 7) is 9.57. The fraction of sp³-hybridized carbons (Fsp3) is 0.816. The highest BCUT2D eigenvalue weighted by Gasteiger charge is 2.90. The number of hydrogen-bond donors (Lipinski definition) is 4. The molecular weight excluding hydrogens is 644 g/mol. The molecule has 12 nitrogen and oxygen atoms in total. The summed E-state index contributed by atoms with van der Waals surface area (Å²) in [7, 11) is 0. The second kappa shape index (κ2) is 11.1. The number of Topliss-reactive ketones (excluding diaryl/α,β-unsaturated/α-hetero) is 1. The van der Waals surface area contributed by atoms with Crippen LogP contribution < -0.4 is 10.6 Å². The van der Waals surface area contributed by atoms with Crippen LogP contribution in [0.15, 0.2) is 16.7 Å². The van der Waals surface area contributed by atoms with Gasteiger partial charge >= 0.3 is 11.9 Å². The molecule has 8 aliphatic rings. The van der Waals surface area contributed by atoms with E-state index in [1.54, 1.807) is 6.26 Å². The number of esters is 2. The summed E-state index contributed by atoms with van der Waals surface area (Å²) in [6, 6.07) is 2.36. The van der Waals surface area contributed by atoms with Crippen LogP contribution in [-0.2, 0) is 39.8 Å². The number of ether oxygens (including phenoxy) is 4. The van der Waals surface area contributed by atoms with Gasteiger partial charge in [-0.15, -0.1) is 0 Å². The number of nitrogens with one attached hydrogen (secondary N) is 2. The lowest BCUT2D eigenvalue weighted by atomic mass is 9.36. The third kappa shape index (κ3) is 4.23. The maximum atomic E-state index is 14.5. The predicted octanol–water partition coefficient (Wildman–Crippen LogP) is 2.73. The minimum Gasteiger partial charge on any atom is -0.469 e. The van der Waals surface area contributed by atoms with Gasteiger partial charge in [-0.2, -0.15) is 0 Å². The Morgan fingerprint density at radius 1 is 1.00 bits per heavy atom. The fourth-order valence-corrected chi connectivity index (χ4v) is 13.1. The first-order chi connectivity index (χ1) is 23.8. The fourth-order valence-electron chi connectivity index (χ4n) is 13.1. The van der Waals surface area contributed by atoms with E-state index in [1.807, 2.05) is 26.8 Å². The van der Waals surface area contributed by atoms with Gasteiger partial charge in [-0.1, -0.05) is 13.8 Å². The number of furan rings is 1. The van der Waals surface area contributed by atoms with Crippen molar-refractivity contribution in [2.24, 2.45) is 39.9 Å². The number of carbonyl (C=O) groups excluding carboxylic acids is 3. The first-order valence-electron chi connectivity index (χ1n) is 18.9. The van der Waals surface area contributed by atoms with E-state index in [0.29, 0.717) is 37.0 Å². The highest BCUT2D eigenvalue weighted by molar-refractivity contribution is 5.92. The lowest BCUT2D eigenvalue weighted by molar-refractivity contribution is -0.252. The molecule has 9 rings (SSSR count). The minimum absolute atomic E-state index is 0.0121. The molecule has 274 valence electrons. The molecule has 5 saturated heterocycles. The van der Waals surface area contributed by atoms with Gasteiger partial charge in [0, 0.05) is 47.5 Å². The van der Waals surface area contributed by atoms with Crippen molar-refractivity contribution >= 4 is 17.7 Å². The maximum absolute atomic E-state index is 14.5. The van der Waals surface area contributed by atoms with Crippen molar-refractivity contribution in [3.8, 4) is 0 Å². The van der Waals surface area contributed by atoms with Crippen LogP contribution in [0.2, 0.25) is 0 Å². The van der Waals surface area contributed by atoms with Gasteiger partial charge in [0.2, 0.25) is 0 Å². The van der Waals surface area contributed by atoms with Gasteiger partial charge in [0.05, 0.1) is 36.4 Å². The lowest BCUT2D eigenvalue weighted by Crippen LogP contribution is -2.76. The first kappa shape index (κ1) is 33.5. The summed E-state index contributed by atoms with van der Waals surface area (Å²) in [5.41, 5.74) is -4.22. The second-order valence-corrected chi connectivity index (χ2v) is 17.9. The van der Waals surface area contributed by atoms with Crippen LogP contribution in [0.4, 0.5) is 0 Å². The minimum atomic E-state index is -1.42. The molecule has 3 aliphatic carbocycles. The average Bonchev–Trinajstić information content (AvgIpc) is 3.31. The monoisotopic (exact) mass is 696 g/mol. The summed E-state index contributed by atoms with van der Waals surface area (Å²) >= 11 is 0. The van der Waals surface area contributed by atoms with Gasteiger partial charge in [-0.05, 0) is 82.6 Å². The number of ketones is 1. The molecule has 2 spiro atoms. The van der Waals surface area contributed by atoms with E-state index in [1.165, 1.54) is 0 Å². The smallest absolute Gasteiger partial charge is 0.339 e. The van der Waals surface area contributed by atoms with Crippen LogP contribution in [0.25, 0.3) is 0 Å². The summed E-state index contributed by atoms with van der Waals surface area (Å²) in [5.74, 6) is -0.990. The van der Waals surface area contributed by atoms with Crippen molar-refractivity contribution in [2.45, 2.75) is 133 Å². The molecule has 0 bridgehead atoms. The molecule has 8 fully saturated rings. The highest BCUT2D eigenvalue weighted by Crippen LogP contribution is 2.80. The molecule has 12 heteroatoms. The Balaban J connectivity index is 1.04. The van der Waals surface area contributed by atoms with Crippen molar-refractivity contribution in [3.05, 3.63) is 23.7 Å². The molecule has 0 aromatic carbocycles. The summed E-state index contributed by atoms with van der Waals surface area (Å²) in [5, 5.41) is 30.3. The van der Waals surface area contributed by atoms with Gasteiger partial charge in [0.25, 0.3) is 0 Å². The second-order valence-electron chi connectivity index (χ2n) is 17.9. The van der Waals surface area contributed by atoms with Crippen LogP contribution in [0, 0.1) is 39.9 Å². The van der Waals surface area contributed by atoms with Crippen molar-refractivity contribution in [1.29, 1.82) is 0 Å². The maximum Gasteiger partial charge on any atom is 0.339 e. The molecule has 0 radical (unpaired) electrons. The molecule has 6 heterocycles. The van der Waals surface area contributed by atoms with Crippen LogP contribution in [0.1, 0.15) is 96.5 Å². The summed E-state index contributed by atoms with van der Waals surface area (Å²) in [4.78, 5) is 41.0. The number of cyclic esters (lactones) is 2. The Morgan fingerprint density at radius 2 is 1.82 bits per heavy atom. The Hall–Kier alpha value is -2.35. The van der Waals surface area contributed by atoms with E-state index in [9.17, 15) is 24.6 Å². The van der Waals surface area contributed by atoms with Crippen molar-refractivity contribution in [3.63, 3.8) is 0 Å². The normalized spacial score (nSPS) is 50.3. The molecule has 0 amide bonds. The van der Waals surface area contributed by atoms with E-state index >= 15 is 0 Å². The Labute approximate surface area is 292 Å². The number of aliphatic hydroxyl groups excluding tert-OH is 2. The molecule has 4 N–H and O–H groups in total. The number of fused-ring (bicyclic) bond motifs is 1. The van der Waals surface area contributed by atoms with E-state index < -0.39 is 69.9 Å². The predicted molar refractivity (Wildman–Crippen MR) is 175 cm³/mol. The third-order valence-electron chi connectivity index (χ3n) is 15.2. The number of aliphatic hydroxyl groups is 2. The van der Waals surface area contributed by atoms with Gasteiger partial charge in [-0.3, -0.25) is 9.59 Å². The van der Waals surface area contributed by atoms with Crippen molar-refractivity contribution in [1.82, 2.24) is 10.6 Å². The number of hydrogen-bond acceptors (Lipinski definition) is 12. The zero-order valence-corrected chi connectivity index (χ0v) is 29.6. The van der Waals surface area contributed by atoms with E-state index in [0.717, 1.165) is 50.9 Å². The van der Waals surface area contributed by atoms with Crippen LogP contribution in [-0.4, -0.2) is 89.4 Å². The standard InChI is InChI=1S/C38H52N2O10/c1-34(2)29-28(43)30(44)36(4)25(37(29)17-47-27(42)15-26(37)49-34)9-11-35(3)31(48-33(45)32-38(35,36)50-32)22-10-12-46-24(22)14-20-13-19(6-8-23(20)41)5-7-21-16-39-18-40-21/h10,12,19-21,23,25-26,29-32,39-41,44H,5-9,11,13-18H2,1-4H3/t19-,20-,21+,23-,25-,26-,29+,30+,31-,32+,35-,36-,37-,38+/m0/s1. The number of carbonyl (C=O) groups is 3. The first-order valence-corrected chi connectivity index (χ1v) is 18.9. The number of rotatable bonds is 6. The SMILES string of the molecule is CC1(C)O[C@H]2CC(=O)OC[C@@]23[C@@H]1C(=O)[C@@H](O)[C@]1(C)[C@@H]3CC[C@@]2(C)[C@H](c3ccoc3C[C@@H]3C[C@@H](CC[C@@H]4CNCN4)CC[C@@H]3O)OC(=O)[C@H]3O[C@@]312. The quantitative estimate of drug-likeness (QED) is 0.254. The van der Waals surface area contributed by atoms with Crippen molar-refractivity contribution in [2.75, 3.05) is 19.8 Å². The Kier molecular flexibility index (Phi) is 7.42. The third-order valence-corrected chi connectivity index (χ3v) is 15.2. The van der Waals surface area contributed by atoms with Gasteiger partial charge < -0.3 is 44.2 Å². The van der Waals surface area contributed by atoms with Crippen LogP contribution in [0.5, 0.6) is 0 Å². The highest BCUT2D eigenvalue weighted by atomic mass is 16.7. The van der Waals surface area contributed by atoms with E-state index in [4.69, 9.17) is 23.4 Å².